The number of aromatic amines is 1. The summed E-state index contributed by atoms with van der Waals surface area (Å²) in [5, 5.41) is 0.686. The zero-order valence-corrected chi connectivity index (χ0v) is 16.8. The van der Waals surface area contributed by atoms with Crippen molar-refractivity contribution in [1.29, 1.82) is 0 Å². The number of aromatic nitrogens is 2. The van der Waals surface area contributed by atoms with Gasteiger partial charge in [0, 0.05) is 37.4 Å². The second kappa shape index (κ2) is 8.98. The van der Waals surface area contributed by atoms with Crippen LogP contribution in [0.5, 0.6) is 11.5 Å². The van der Waals surface area contributed by atoms with Gasteiger partial charge >= 0.3 is 0 Å². The lowest BCUT2D eigenvalue weighted by Gasteiger charge is -2.26. The van der Waals surface area contributed by atoms with Crippen LogP contribution in [0.3, 0.4) is 0 Å². The molecule has 1 fully saturated rings. The molecule has 3 heterocycles. The number of hydrogen-bond acceptors (Lipinski definition) is 7. The van der Waals surface area contributed by atoms with E-state index in [9.17, 15) is 4.79 Å². The van der Waals surface area contributed by atoms with Gasteiger partial charge in [-0.2, -0.15) is 0 Å². The molecule has 8 heteroatoms. The molecule has 2 aliphatic rings. The Kier molecular flexibility index (Phi) is 6.19. The Balaban J connectivity index is 1.47. The molecule has 0 saturated carbocycles. The van der Waals surface area contributed by atoms with Crippen LogP contribution in [0, 0.1) is 0 Å². The quantitative estimate of drug-likeness (QED) is 0.560. The molecule has 1 aromatic carbocycles. The predicted octanol–water partition coefficient (Wildman–Crippen LogP) is 2.08. The summed E-state index contributed by atoms with van der Waals surface area (Å²) in [4.78, 5) is 22.6. The molecule has 2 aliphatic heterocycles. The Bertz CT molecular complexity index is 880. The van der Waals surface area contributed by atoms with Crippen molar-refractivity contribution in [2.24, 2.45) is 0 Å². The highest BCUT2D eigenvalue weighted by atomic mass is 32.2. The van der Waals surface area contributed by atoms with E-state index in [1.807, 2.05) is 25.1 Å². The third-order valence-corrected chi connectivity index (χ3v) is 5.84. The highest BCUT2D eigenvalue weighted by Gasteiger charge is 2.16. The first-order chi connectivity index (χ1) is 13.7. The minimum Gasteiger partial charge on any atom is -0.454 e. The summed E-state index contributed by atoms with van der Waals surface area (Å²) in [7, 11) is 0. The molecular formula is C20H25N3O4S. The van der Waals surface area contributed by atoms with Crippen molar-refractivity contribution >= 4 is 11.8 Å². The van der Waals surface area contributed by atoms with Crippen LogP contribution in [0.4, 0.5) is 0 Å². The topological polar surface area (TPSA) is 76.7 Å². The summed E-state index contributed by atoms with van der Waals surface area (Å²) in [6.07, 6.45) is 1.25. The summed E-state index contributed by atoms with van der Waals surface area (Å²) in [6.45, 7) is 6.73. The van der Waals surface area contributed by atoms with Gasteiger partial charge in [0.15, 0.2) is 16.7 Å². The average Bonchev–Trinajstić information content (AvgIpc) is 3.17. The van der Waals surface area contributed by atoms with E-state index in [0.717, 1.165) is 66.9 Å². The summed E-state index contributed by atoms with van der Waals surface area (Å²) in [6, 6.07) is 5.88. The van der Waals surface area contributed by atoms with Gasteiger partial charge in [0.2, 0.25) is 6.79 Å². The lowest BCUT2D eigenvalue weighted by Crippen LogP contribution is -2.37. The van der Waals surface area contributed by atoms with Crippen molar-refractivity contribution < 1.29 is 14.2 Å². The van der Waals surface area contributed by atoms with Crippen LogP contribution < -0.4 is 15.0 Å². The second-order valence-electron chi connectivity index (χ2n) is 6.82. The highest BCUT2D eigenvalue weighted by Crippen LogP contribution is 2.33. The van der Waals surface area contributed by atoms with Crippen LogP contribution in [-0.2, 0) is 17.6 Å². The number of fused-ring (bicyclic) bond motifs is 1. The molecule has 150 valence electrons. The van der Waals surface area contributed by atoms with Crippen molar-refractivity contribution in [2.45, 2.75) is 24.9 Å². The van der Waals surface area contributed by atoms with E-state index in [0.29, 0.717) is 18.0 Å². The van der Waals surface area contributed by atoms with Crippen LogP contribution >= 0.6 is 11.8 Å². The Morgan fingerprint density at radius 3 is 2.86 bits per heavy atom. The molecule has 0 unspecified atom stereocenters. The number of ether oxygens (including phenoxy) is 3. The van der Waals surface area contributed by atoms with Gasteiger partial charge < -0.3 is 19.2 Å². The Labute approximate surface area is 168 Å². The van der Waals surface area contributed by atoms with E-state index in [-0.39, 0.29) is 12.4 Å². The van der Waals surface area contributed by atoms with Gasteiger partial charge in [-0.3, -0.25) is 9.69 Å². The van der Waals surface area contributed by atoms with Crippen LogP contribution in [0.2, 0.25) is 0 Å². The molecule has 7 nitrogen and oxygen atoms in total. The van der Waals surface area contributed by atoms with Gasteiger partial charge in [-0.05, 0) is 24.1 Å². The summed E-state index contributed by atoms with van der Waals surface area (Å²) < 4.78 is 16.2. The number of H-pyrrole nitrogens is 1. The number of rotatable bonds is 7. The molecule has 0 bridgehead atoms. The Morgan fingerprint density at radius 1 is 1.21 bits per heavy atom. The first kappa shape index (κ1) is 19.3. The van der Waals surface area contributed by atoms with Crippen LogP contribution in [0.25, 0.3) is 0 Å². The van der Waals surface area contributed by atoms with Gasteiger partial charge in [0.25, 0.3) is 5.56 Å². The minimum absolute atomic E-state index is 0.0397. The summed E-state index contributed by atoms with van der Waals surface area (Å²) in [5.41, 5.74) is 2.60. The first-order valence-electron chi connectivity index (χ1n) is 9.66. The van der Waals surface area contributed by atoms with Crippen LogP contribution in [0.15, 0.2) is 28.2 Å². The monoisotopic (exact) mass is 403 g/mol. The molecular weight excluding hydrogens is 378 g/mol. The fraction of sp³-hybridized carbons (Fsp3) is 0.500. The molecule has 1 aromatic heterocycles. The number of nitrogens with zero attached hydrogens (tertiary/aromatic N) is 2. The molecule has 0 spiro atoms. The summed E-state index contributed by atoms with van der Waals surface area (Å²) >= 11 is 1.60. The van der Waals surface area contributed by atoms with Crippen molar-refractivity contribution in [2.75, 3.05) is 45.4 Å². The van der Waals surface area contributed by atoms with Crippen molar-refractivity contribution in [3.05, 3.63) is 45.4 Å². The van der Waals surface area contributed by atoms with E-state index >= 15 is 0 Å². The van der Waals surface area contributed by atoms with Gasteiger partial charge in [-0.15, -0.1) is 0 Å². The fourth-order valence-corrected chi connectivity index (χ4v) is 4.32. The number of thioether (sulfide) groups is 1. The zero-order valence-electron chi connectivity index (χ0n) is 16.0. The normalized spacial score (nSPS) is 16.5. The van der Waals surface area contributed by atoms with Crippen LogP contribution in [-0.4, -0.2) is 60.3 Å². The standard InChI is InChI=1S/C20H25N3O4S/c1-2-15-16(11-14-3-4-17-18(12-14)27-13-26-17)21-20(22-19(15)24)28-10-7-23-5-8-25-9-6-23/h3-4,12H,2,5-11,13H2,1H3,(H,21,22,24). The maximum atomic E-state index is 12.6. The van der Waals surface area contributed by atoms with E-state index in [4.69, 9.17) is 19.2 Å². The molecule has 0 aliphatic carbocycles. The number of morpholine rings is 1. The lowest BCUT2D eigenvalue weighted by molar-refractivity contribution is 0.0410. The summed E-state index contributed by atoms with van der Waals surface area (Å²) in [5.74, 6) is 2.40. The first-order valence-corrected chi connectivity index (χ1v) is 10.6. The molecule has 2 aromatic rings. The minimum atomic E-state index is -0.0397. The molecule has 0 amide bonds. The molecule has 0 radical (unpaired) electrons. The Morgan fingerprint density at radius 2 is 2.04 bits per heavy atom. The molecule has 4 rings (SSSR count). The van der Waals surface area contributed by atoms with E-state index < -0.39 is 0 Å². The third kappa shape index (κ3) is 4.51. The largest absolute Gasteiger partial charge is 0.454 e. The third-order valence-electron chi connectivity index (χ3n) is 4.99. The molecule has 0 atom stereocenters. The van der Waals surface area contributed by atoms with Crippen LogP contribution in [0.1, 0.15) is 23.7 Å². The van der Waals surface area contributed by atoms with E-state index in [1.165, 1.54) is 0 Å². The van der Waals surface area contributed by atoms with Crippen molar-refractivity contribution in [3.63, 3.8) is 0 Å². The number of hydrogen-bond donors (Lipinski definition) is 1. The molecule has 1 N–H and O–H groups in total. The van der Waals surface area contributed by atoms with Gasteiger partial charge in [-0.1, -0.05) is 24.8 Å². The maximum absolute atomic E-state index is 12.6. The van der Waals surface area contributed by atoms with Crippen molar-refractivity contribution in [3.8, 4) is 11.5 Å². The smallest absolute Gasteiger partial charge is 0.254 e. The van der Waals surface area contributed by atoms with Crippen molar-refractivity contribution in [1.82, 2.24) is 14.9 Å². The average molecular weight is 404 g/mol. The van der Waals surface area contributed by atoms with Gasteiger partial charge in [-0.25, -0.2) is 4.98 Å². The fourth-order valence-electron chi connectivity index (χ4n) is 3.44. The highest BCUT2D eigenvalue weighted by molar-refractivity contribution is 7.99. The number of benzene rings is 1. The molecule has 1 saturated heterocycles. The number of nitrogens with one attached hydrogen (secondary N) is 1. The van der Waals surface area contributed by atoms with Gasteiger partial charge in [0.05, 0.1) is 18.9 Å². The van der Waals surface area contributed by atoms with Gasteiger partial charge in [0.1, 0.15) is 0 Å². The lowest BCUT2D eigenvalue weighted by atomic mass is 10.0. The zero-order chi connectivity index (χ0) is 19.3. The Hall–Kier alpha value is -2.03. The van der Waals surface area contributed by atoms with E-state index in [1.54, 1.807) is 11.8 Å². The predicted molar refractivity (Wildman–Crippen MR) is 108 cm³/mol. The SMILES string of the molecule is CCc1c(Cc2ccc3c(c2)OCO3)nc(SCCN2CCOCC2)[nH]c1=O. The van der Waals surface area contributed by atoms with E-state index in [2.05, 4.69) is 9.88 Å². The molecule has 28 heavy (non-hydrogen) atoms. The second-order valence-corrected chi connectivity index (χ2v) is 7.90. The maximum Gasteiger partial charge on any atom is 0.254 e.